The molecular weight excluding hydrogens is 190 g/mol. The molecule has 0 aromatic rings. The fourth-order valence-electron chi connectivity index (χ4n) is 1.38. The first-order chi connectivity index (χ1) is 6.99. The Bertz CT molecular complexity index is 180. The van der Waals surface area contributed by atoms with Gasteiger partial charge in [-0.05, 0) is 11.8 Å². The second-order valence-corrected chi connectivity index (χ2v) is 4.43. The Kier molecular flexibility index (Phi) is 7.39. The molecule has 1 unspecified atom stereocenters. The molecule has 0 spiro atoms. The number of ether oxygens (including phenoxy) is 1. The van der Waals surface area contributed by atoms with Crippen LogP contribution in [0.25, 0.3) is 0 Å². The van der Waals surface area contributed by atoms with Crippen LogP contribution >= 0.6 is 0 Å². The van der Waals surface area contributed by atoms with Gasteiger partial charge in [-0.1, -0.05) is 27.2 Å². The molecule has 0 aliphatic rings. The van der Waals surface area contributed by atoms with Crippen LogP contribution in [-0.4, -0.2) is 37.6 Å². The third-order valence-electron chi connectivity index (χ3n) is 2.91. The number of hydrogen-bond acceptors (Lipinski definition) is 2. The van der Waals surface area contributed by atoms with E-state index < -0.39 is 0 Å². The normalized spacial score (nSPS) is 12.9. The lowest BCUT2D eigenvalue weighted by molar-refractivity contribution is -0.128. The molecule has 15 heavy (non-hydrogen) atoms. The second-order valence-electron chi connectivity index (χ2n) is 4.43. The van der Waals surface area contributed by atoms with Gasteiger partial charge in [-0.3, -0.25) is 4.79 Å². The highest BCUT2D eigenvalue weighted by molar-refractivity contribution is 5.72. The summed E-state index contributed by atoms with van der Waals surface area (Å²) in [5.41, 5.74) is 0. The van der Waals surface area contributed by atoms with E-state index in [0.29, 0.717) is 25.0 Å². The summed E-state index contributed by atoms with van der Waals surface area (Å²) < 4.78 is 5.57. The van der Waals surface area contributed by atoms with Crippen molar-refractivity contribution in [1.29, 1.82) is 0 Å². The van der Waals surface area contributed by atoms with Crippen LogP contribution in [0.4, 0.5) is 0 Å². The molecule has 90 valence electrons. The Morgan fingerprint density at radius 2 is 2.00 bits per heavy atom. The van der Waals surface area contributed by atoms with Crippen LogP contribution in [0, 0.1) is 11.8 Å². The molecule has 1 amide bonds. The molecule has 0 saturated heterocycles. The van der Waals surface area contributed by atoms with Crippen molar-refractivity contribution in [3.63, 3.8) is 0 Å². The van der Waals surface area contributed by atoms with Gasteiger partial charge >= 0.3 is 0 Å². The first-order valence-electron chi connectivity index (χ1n) is 5.78. The van der Waals surface area contributed by atoms with Crippen molar-refractivity contribution in [3.8, 4) is 0 Å². The summed E-state index contributed by atoms with van der Waals surface area (Å²) in [5, 5.41) is 0. The van der Waals surface area contributed by atoms with Crippen LogP contribution in [0.5, 0.6) is 0 Å². The van der Waals surface area contributed by atoms with E-state index in [4.69, 9.17) is 4.74 Å². The standard InChI is InChI=1S/C12H25NO2/c1-6-12(10(2)3)9-15-8-7-13(5)11(4)14/h10,12H,6-9H2,1-5H3. The Morgan fingerprint density at radius 1 is 1.40 bits per heavy atom. The average Bonchev–Trinajstić information content (AvgIpc) is 2.16. The van der Waals surface area contributed by atoms with E-state index in [9.17, 15) is 4.79 Å². The van der Waals surface area contributed by atoms with E-state index in [1.165, 1.54) is 0 Å². The van der Waals surface area contributed by atoms with E-state index in [2.05, 4.69) is 20.8 Å². The van der Waals surface area contributed by atoms with E-state index in [0.717, 1.165) is 13.0 Å². The van der Waals surface area contributed by atoms with Crippen molar-refractivity contribution in [2.24, 2.45) is 11.8 Å². The van der Waals surface area contributed by atoms with Gasteiger partial charge in [-0.25, -0.2) is 0 Å². The fraction of sp³-hybridized carbons (Fsp3) is 0.917. The molecule has 3 heteroatoms. The molecule has 0 rings (SSSR count). The van der Waals surface area contributed by atoms with Crippen molar-refractivity contribution in [1.82, 2.24) is 4.90 Å². The van der Waals surface area contributed by atoms with Gasteiger partial charge in [0.1, 0.15) is 0 Å². The van der Waals surface area contributed by atoms with E-state index in [-0.39, 0.29) is 5.91 Å². The number of hydrogen-bond donors (Lipinski definition) is 0. The minimum atomic E-state index is 0.0921. The lowest BCUT2D eigenvalue weighted by Gasteiger charge is -2.20. The highest BCUT2D eigenvalue weighted by Gasteiger charge is 2.11. The zero-order valence-corrected chi connectivity index (χ0v) is 10.7. The third-order valence-corrected chi connectivity index (χ3v) is 2.91. The molecule has 0 saturated carbocycles. The zero-order chi connectivity index (χ0) is 11.8. The third kappa shape index (κ3) is 6.50. The molecule has 0 heterocycles. The highest BCUT2D eigenvalue weighted by Crippen LogP contribution is 2.14. The lowest BCUT2D eigenvalue weighted by atomic mass is 9.94. The Balaban J connectivity index is 3.57. The van der Waals surface area contributed by atoms with Crippen molar-refractivity contribution >= 4 is 5.91 Å². The van der Waals surface area contributed by atoms with Gasteiger partial charge < -0.3 is 9.64 Å². The van der Waals surface area contributed by atoms with E-state index in [1.54, 1.807) is 18.9 Å². The smallest absolute Gasteiger partial charge is 0.219 e. The van der Waals surface area contributed by atoms with Gasteiger partial charge in [0.25, 0.3) is 0 Å². The average molecular weight is 215 g/mol. The SMILES string of the molecule is CCC(COCCN(C)C(C)=O)C(C)C. The lowest BCUT2D eigenvalue weighted by Crippen LogP contribution is -2.28. The summed E-state index contributed by atoms with van der Waals surface area (Å²) in [6.45, 7) is 10.3. The van der Waals surface area contributed by atoms with Crippen LogP contribution < -0.4 is 0 Å². The summed E-state index contributed by atoms with van der Waals surface area (Å²) in [6.07, 6.45) is 1.15. The molecule has 0 radical (unpaired) electrons. The number of carbonyl (C=O) groups excluding carboxylic acids is 1. The summed E-state index contributed by atoms with van der Waals surface area (Å²) in [5.74, 6) is 1.39. The van der Waals surface area contributed by atoms with Crippen LogP contribution in [0.3, 0.4) is 0 Å². The molecule has 0 aliphatic heterocycles. The van der Waals surface area contributed by atoms with Gasteiger partial charge in [0.05, 0.1) is 6.61 Å². The summed E-state index contributed by atoms with van der Waals surface area (Å²) in [6, 6.07) is 0. The molecular formula is C12H25NO2. The van der Waals surface area contributed by atoms with Crippen LogP contribution in [0.1, 0.15) is 34.1 Å². The molecule has 0 aromatic carbocycles. The number of likely N-dealkylation sites (N-methyl/N-ethyl adjacent to an activating group) is 1. The monoisotopic (exact) mass is 215 g/mol. The van der Waals surface area contributed by atoms with Crippen LogP contribution in [-0.2, 0) is 9.53 Å². The fourth-order valence-corrected chi connectivity index (χ4v) is 1.38. The molecule has 0 aliphatic carbocycles. The Hall–Kier alpha value is -0.570. The van der Waals surface area contributed by atoms with Crippen molar-refractivity contribution < 1.29 is 9.53 Å². The van der Waals surface area contributed by atoms with Crippen molar-refractivity contribution in [3.05, 3.63) is 0 Å². The van der Waals surface area contributed by atoms with Gasteiger partial charge in [-0.15, -0.1) is 0 Å². The topological polar surface area (TPSA) is 29.5 Å². The number of amides is 1. The van der Waals surface area contributed by atoms with Crippen molar-refractivity contribution in [2.75, 3.05) is 26.8 Å². The second kappa shape index (κ2) is 7.69. The van der Waals surface area contributed by atoms with Gasteiger partial charge in [-0.2, -0.15) is 0 Å². The summed E-state index contributed by atoms with van der Waals surface area (Å²) >= 11 is 0. The Labute approximate surface area is 93.8 Å². The van der Waals surface area contributed by atoms with Gasteiger partial charge in [0.15, 0.2) is 0 Å². The highest BCUT2D eigenvalue weighted by atomic mass is 16.5. The van der Waals surface area contributed by atoms with Crippen LogP contribution in [0.2, 0.25) is 0 Å². The molecule has 0 bridgehead atoms. The molecule has 0 N–H and O–H groups in total. The number of nitrogens with zero attached hydrogens (tertiary/aromatic N) is 1. The van der Waals surface area contributed by atoms with Gasteiger partial charge in [0.2, 0.25) is 5.91 Å². The molecule has 1 atom stereocenters. The van der Waals surface area contributed by atoms with E-state index >= 15 is 0 Å². The molecule has 0 fully saturated rings. The van der Waals surface area contributed by atoms with Gasteiger partial charge in [0, 0.05) is 27.1 Å². The molecule has 0 aromatic heterocycles. The minimum absolute atomic E-state index is 0.0921. The van der Waals surface area contributed by atoms with E-state index in [1.807, 2.05) is 0 Å². The summed E-state index contributed by atoms with van der Waals surface area (Å²) in [4.78, 5) is 12.6. The minimum Gasteiger partial charge on any atom is -0.379 e. The molecule has 3 nitrogen and oxygen atoms in total. The predicted octanol–water partition coefficient (Wildman–Crippen LogP) is 2.16. The van der Waals surface area contributed by atoms with Crippen LogP contribution in [0.15, 0.2) is 0 Å². The predicted molar refractivity (Wildman–Crippen MR) is 62.7 cm³/mol. The summed E-state index contributed by atoms with van der Waals surface area (Å²) in [7, 11) is 1.80. The zero-order valence-electron chi connectivity index (χ0n) is 10.7. The maximum absolute atomic E-state index is 10.9. The van der Waals surface area contributed by atoms with Crippen molar-refractivity contribution in [2.45, 2.75) is 34.1 Å². The number of rotatable bonds is 7. The quantitative estimate of drug-likeness (QED) is 0.609. The Morgan fingerprint density at radius 3 is 2.40 bits per heavy atom. The maximum Gasteiger partial charge on any atom is 0.219 e. The maximum atomic E-state index is 10.9. The largest absolute Gasteiger partial charge is 0.379 e. The number of carbonyl (C=O) groups is 1. The first kappa shape index (κ1) is 14.4. The first-order valence-corrected chi connectivity index (χ1v) is 5.78.